The number of nitrogen functional groups attached to an aromatic ring is 1. The van der Waals surface area contributed by atoms with Crippen molar-refractivity contribution < 1.29 is 0 Å². The lowest BCUT2D eigenvalue weighted by Crippen LogP contribution is -1.99. The van der Waals surface area contributed by atoms with Crippen molar-refractivity contribution in [3.63, 3.8) is 0 Å². The van der Waals surface area contributed by atoms with Gasteiger partial charge in [0.15, 0.2) is 0 Å². The Bertz CT molecular complexity index is 415. The van der Waals surface area contributed by atoms with Crippen molar-refractivity contribution in [2.45, 2.75) is 0 Å². The zero-order valence-corrected chi connectivity index (χ0v) is 7.38. The standard InChI is InChI=1S/C9H9N5/c10-8-3-5-12-9(14-8)13-7-2-1-4-11-6-7/h1-6H,(H3,10,12,13,14). The second kappa shape index (κ2) is 3.69. The predicted octanol–water partition coefficient (Wildman–Crippen LogP) is 1.20. The summed E-state index contributed by atoms with van der Waals surface area (Å²) in [5.41, 5.74) is 6.34. The summed E-state index contributed by atoms with van der Waals surface area (Å²) in [5, 5.41) is 2.98. The van der Waals surface area contributed by atoms with Gasteiger partial charge in [0, 0.05) is 12.4 Å². The fourth-order valence-electron chi connectivity index (χ4n) is 0.999. The first-order valence-corrected chi connectivity index (χ1v) is 4.10. The summed E-state index contributed by atoms with van der Waals surface area (Å²) < 4.78 is 0. The van der Waals surface area contributed by atoms with E-state index in [2.05, 4.69) is 20.3 Å². The highest BCUT2D eigenvalue weighted by molar-refractivity contribution is 5.52. The van der Waals surface area contributed by atoms with Gasteiger partial charge in [-0.05, 0) is 18.2 Å². The highest BCUT2D eigenvalue weighted by atomic mass is 15.1. The highest BCUT2D eigenvalue weighted by Crippen LogP contribution is 2.10. The first-order chi connectivity index (χ1) is 6.84. The zero-order chi connectivity index (χ0) is 9.80. The van der Waals surface area contributed by atoms with Crippen LogP contribution in [0.2, 0.25) is 0 Å². The maximum absolute atomic E-state index is 5.51. The molecule has 0 aliphatic heterocycles. The molecule has 70 valence electrons. The van der Waals surface area contributed by atoms with Gasteiger partial charge < -0.3 is 11.1 Å². The predicted molar refractivity (Wildman–Crippen MR) is 54.0 cm³/mol. The van der Waals surface area contributed by atoms with Crippen LogP contribution < -0.4 is 11.1 Å². The molecule has 5 heteroatoms. The first kappa shape index (κ1) is 8.43. The quantitative estimate of drug-likeness (QED) is 0.738. The third kappa shape index (κ3) is 1.95. The lowest BCUT2D eigenvalue weighted by Gasteiger charge is -2.03. The van der Waals surface area contributed by atoms with E-state index in [-0.39, 0.29) is 0 Å². The van der Waals surface area contributed by atoms with Gasteiger partial charge in [0.05, 0.1) is 11.9 Å². The Kier molecular flexibility index (Phi) is 2.22. The van der Waals surface area contributed by atoms with Gasteiger partial charge in [-0.25, -0.2) is 4.98 Å². The lowest BCUT2D eigenvalue weighted by atomic mass is 10.4. The number of nitrogens with zero attached hydrogens (tertiary/aromatic N) is 3. The van der Waals surface area contributed by atoms with Crippen LogP contribution in [0.15, 0.2) is 36.8 Å². The van der Waals surface area contributed by atoms with Gasteiger partial charge in [0.1, 0.15) is 5.82 Å². The van der Waals surface area contributed by atoms with Crippen molar-refractivity contribution in [3.8, 4) is 0 Å². The molecule has 0 atom stereocenters. The van der Waals surface area contributed by atoms with E-state index in [1.807, 2.05) is 12.1 Å². The maximum Gasteiger partial charge on any atom is 0.229 e. The third-order valence-corrected chi connectivity index (χ3v) is 1.59. The Morgan fingerprint density at radius 3 is 2.86 bits per heavy atom. The second-order valence-corrected chi connectivity index (χ2v) is 2.67. The van der Waals surface area contributed by atoms with E-state index in [4.69, 9.17) is 5.73 Å². The summed E-state index contributed by atoms with van der Waals surface area (Å²) in [4.78, 5) is 12.0. The molecule has 0 spiro atoms. The average Bonchev–Trinajstić information content (AvgIpc) is 2.19. The second-order valence-electron chi connectivity index (χ2n) is 2.67. The van der Waals surface area contributed by atoms with E-state index < -0.39 is 0 Å². The number of hydrogen-bond donors (Lipinski definition) is 2. The number of rotatable bonds is 2. The van der Waals surface area contributed by atoms with E-state index >= 15 is 0 Å². The molecule has 2 heterocycles. The number of nitrogens with one attached hydrogen (secondary N) is 1. The SMILES string of the molecule is Nc1ccnc(Nc2cccnc2)n1. The van der Waals surface area contributed by atoms with Gasteiger partial charge in [0.25, 0.3) is 0 Å². The summed E-state index contributed by atoms with van der Waals surface area (Å²) in [5.74, 6) is 0.907. The molecule has 2 aromatic rings. The molecule has 0 saturated carbocycles. The molecule has 2 rings (SSSR count). The molecule has 0 bridgehead atoms. The fourth-order valence-corrected chi connectivity index (χ4v) is 0.999. The largest absolute Gasteiger partial charge is 0.384 e. The van der Waals surface area contributed by atoms with Gasteiger partial charge in [-0.1, -0.05) is 0 Å². The zero-order valence-electron chi connectivity index (χ0n) is 7.38. The van der Waals surface area contributed by atoms with E-state index in [0.717, 1.165) is 5.69 Å². The van der Waals surface area contributed by atoms with Crippen LogP contribution in [0.25, 0.3) is 0 Å². The van der Waals surface area contributed by atoms with Crippen LogP contribution in [-0.2, 0) is 0 Å². The van der Waals surface area contributed by atoms with Gasteiger partial charge in [-0.3, -0.25) is 4.98 Å². The lowest BCUT2D eigenvalue weighted by molar-refractivity contribution is 1.17. The summed E-state index contributed by atoms with van der Waals surface area (Å²) in [6.45, 7) is 0. The topological polar surface area (TPSA) is 76.7 Å². The summed E-state index contributed by atoms with van der Waals surface area (Å²) in [6.07, 6.45) is 4.99. The van der Waals surface area contributed by atoms with E-state index in [1.165, 1.54) is 0 Å². The Labute approximate surface area is 81.0 Å². The molecule has 0 saturated heterocycles. The molecule has 14 heavy (non-hydrogen) atoms. The minimum atomic E-state index is 0.436. The van der Waals surface area contributed by atoms with Crippen molar-refractivity contribution in [2.24, 2.45) is 0 Å². The molecule has 5 nitrogen and oxygen atoms in total. The molecular formula is C9H9N5. The summed E-state index contributed by atoms with van der Waals surface area (Å²) in [6, 6.07) is 5.34. The van der Waals surface area contributed by atoms with Crippen molar-refractivity contribution in [1.82, 2.24) is 15.0 Å². The Morgan fingerprint density at radius 2 is 2.14 bits per heavy atom. The van der Waals surface area contributed by atoms with Crippen LogP contribution in [0.3, 0.4) is 0 Å². The van der Waals surface area contributed by atoms with Crippen LogP contribution in [0.5, 0.6) is 0 Å². The van der Waals surface area contributed by atoms with Crippen LogP contribution in [0, 0.1) is 0 Å². The first-order valence-electron chi connectivity index (χ1n) is 4.10. The molecule has 3 N–H and O–H groups in total. The van der Waals surface area contributed by atoms with Gasteiger partial charge in [-0.15, -0.1) is 0 Å². The minimum Gasteiger partial charge on any atom is -0.384 e. The Balaban J connectivity index is 2.19. The number of anilines is 3. The molecule has 0 amide bonds. The molecule has 0 radical (unpaired) electrons. The monoisotopic (exact) mass is 187 g/mol. The molecule has 0 aliphatic carbocycles. The molecule has 0 aliphatic rings. The number of hydrogen-bond acceptors (Lipinski definition) is 5. The van der Waals surface area contributed by atoms with Gasteiger partial charge in [-0.2, -0.15) is 4.98 Å². The highest BCUT2D eigenvalue weighted by Gasteiger charge is 1.96. The van der Waals surface area contributed by atoms with Crippen molar-refractivity contribution in [2.75, 3.05) is 11.1 Å². The number of aromatic nitrogens is 3. The van der Waals surface area contributed by atoms with Crippen LogP contribution in [-0.4, -0.2) is 15.0 Å². The van der Waals surface area contributed by atoms with Gasteiger partial charge in [0.2, 0.25) is 5.95 Å². The van der Waals surface area contributed by atoms with Crippen molar-refractivity contribution in [1.29, 1.82) is 0 Å². The molecule has 0 unspecified atom stereocenters. The van der Waals surface area contributed by atoms with E-state index in [1.54, 1.807) is 24.7 Å². The Hall–Kier alpha value is -2.17. The molecular weight excluding hydrogens is 178 g/mol. The number of nitrogens with two attached hydrogens (primary N) is 1. The van der Waals surface area contributed by atoms with Crippen molar-refractivity contribution in [3.05, 3.63) is 36.8 Å². The average molecular weight is 187 g/mol. The molecule has 0 aromatic carbocycles. The smallest absolute Gasteiger partial charge is 0.229 e. The maximum atomic E-state index is 5.51. The van der Waals surface area contributed by atoms with Crippen LogP contribution in [0.1, 0.15) is 0 Å². The van der Waals surface area contributed by atoms with Crippen molar-refractivity contribution >= 4 is 17.5 Å². The Morgan fingerprint density at radius 1 is 1.21 bits per heavy atom. The number of pyridine rings is 1. The van der Waals surface area contributed by atoms with E-state index in [9.17, 15) is 0 Å². The molecule has 2 aromatic heterocycles. The third-order valence-electron chi connectivity index (χ3n) is 1.59. The van der Waals surface area contributed by atoms with Gasteiger partial charge >= 0.3 is 0 Å². The summed E-state index contributed by atoms with van der Waals surface area (Å²) >= 11 is 0. The van der Waals surface area contributed by atoms with E-state index in [0.29, 0.717) is 11.8 Å². The summed E-state index contributed by atoms with van der Waals surface area (Å²) in [7, 11) is 0. The normalized spacial score (nSPS) is 9.71. The van der Waals surface area contributed by atoms with Crippen LogP contribution in [0.4, 0.5) is 17.5 Å². The van der Waals surface area contributed by atoms with Crippen LogP contribution >= 0.6 is 0 Å². The fraction of sp³-hybridized carbons (Fsp3) is 0. The molecule has 0 fully saturated rings. The minimum absolute atomic E-state index is 0.436.